The number of benzene rings is 2. The molecule has 0 radical (unpaired) electrons. The van der Waals surface area contributed by atoms with Gasteiger partial charge in [-0.3, -0.25) is 4.79 Å². The van der Waals surface area contributed by atoms with Crippen molar-refractivity contribution in [1.29, 1.82) is 0 Å². The minimum absolute atomic E-state index is 0.126. The first-order valence-corrected chi connectivity index (χ1v) is 9.34. The molecule has 0 aliphatic heterocycles. The average molecular weight is 354 g/mol. The first kappa shape index (κ1) is 17.5. The molecule has 0 bridgehead atoms. The highest BCUT2D eigenvalue weighted by molar-refractivity contribution is 7.99. The zero-order chi connectivity index (χ0) is 17.8. The van der Waals surface area contributed by atoms with E-state index in [2.05, 4.69) is 0 Å². The predicted octanol–water partition coefficient (Wildman–Crippen LogP) is 4.67. The number of fused-ring (bicyclic) bond motifs is 1. The fourth-order valence-electron chi connectivity index (χ4n) is 2.68. The number of carbonyl (C=O) groups is 1. The number of thioether (sulfide) groups is 1. The summed E-state index contributed by atoms with van der Waals surface area (Å²) in [7, 11) is 0. The first-order valence-electron chi connectivity index (χ1n) is 8.36. The van der Waals surface area contributed by atoms with Crippen LogP contribution in [0.1, 0.15) is 25.5 Å². The van der Waals surface area contributed by atoms with Crippen molar-refractivity contribution in [3.05, 3.63) is 54.1 Å². The molecule has 1 heterocycles. The van der Waals surface area contributed by atoms with Gasteiger partial charge in [0, 0.05) is 5.75 Å². The predicted molar refractivity (Wildman–Crippen MR) is 103 cm³/mol. The van der Waals surface area contributed by atoms with Gasteiger partial charge in [0.25, 0.3) is 0 Å². The van der Waals surface area contributed by atoms with E-state index in [-0.39, 0.29) is 11.8 Å². The molecule has 0 aliphatic carbocycles. The second-order valence-electron chi connectivity index (χ2n) is 6.05. The molecular weight excluding hydrogens is 332 g/mol. The van der Waals surface area contributed by atoms with Crippen LogP contribution in [-0.2, 0) is 4.79 Å². The van der Waals surface area contributed by atoms with Crippen LogP contribution in [0.4, 0.5) is 0 Å². The Labute approximate surface area is 152 Å². The summed E-state index contributed by atoms with van der Waals surface area (Å²) >= 11 is 1.62. The number of hydrogen-bond donors (Lipinski definition) is 0. The number of ketones is 1. The Morgan fingerprint density at radius 3 is 2.80 bits per heavy atom. The van der Waals surface area contributed by atoms with Gasteiger partial charge in [-0.25, -0.2) is 4.98 Å². The van der Waals surface area contributed by atoms with Crippen molar-refractivity contribution in [3.63, 3.8) is 0 Å². The molecule has 0 saturated heterocycles. The van der Waals surface area contributed by atoms with Crippen LogP contribution in [0.25, 0.3) is 11.0 Å². The number of carbonyl (C=O) groups excluding carboxylic acids is 1. The van der Waals surface area contributed by atoms with Crippen molar-refractivity contribution in [1.82, 2.24) is 9.55 Å². The highest BCUT2D eigenvalue weighted by Crippen LogP contribution is 2.28. The molecule has 3 rings (SSSR count). The molecule has 0 saturated carbocycles. The van der Waals surface area contributed by atoms with Crippen molar-refractivity contribution >= 4 is 28.6 Å². The van der Waals surface area contributed by atoms with Crippen LogP contribution in [0.15, 0.2) is 53.7 Å². The molecule has 25 heavy (non-hydrogen) atoms. The van der Waals surface area contributed by atoms with Crippen LogP contribution in [0.2, 0.25) is 0 Å². The number of imidazole rings is 1. The fraction of sp³-hybridized carbons (Fsp3) is 0.300. The number of hydrogen-bond acceptors (Lipinski definition) is 4. The van der Waals surface area contributed by atoms with Crippen LogP contribution in [0.3, 0.4) is 0 Å². The highest BCUT2D eigenvalue weighted by atomic mass is 32.2. The van der Waals surface area contributed by atoms with Crippen molar-refractivity contribution in [2.24, 2.45) is 0 Å². The Morgan fingerprint density at radius 2 is 2.04 bits per heavy atom. The third-order valence-electron chi connectivity index (χ3n) is 4.11. The Hall–Kier alpha value is -2.27. The first-order chi connectivity index (χ1) is 12.1. The van der Waals surface area contributed by atoms with Crippen LogP contribution in [0.5, 0.6) is 5.75 Å². The molecule has 0 unspecified atom stereocenters. The minimum atomic E-state index is -0.229. The Morgan fingerprint density at radius 1 is 1.24 bits per heavy atom. The number of nitrogens with zero attached hydrogens (tertiary/aromatic N) is 2. The Bertz CT molecular complexity index is 888. The number of ether oxygens (including phenoxy) is 1. The fourth-order valence-corrected chi connectivity index (χ4v) is 3.59. The summed E-state index contributed by atoms with van der Waals surface area (Å²) in [6, 6.07) is 15.7. The van der Waals surface area contributed by atoms with Crippen molar-refractivity contribution in [2.45, 2.75) is 32.0 Å². The Kier molecular flexibility index (Phi) is 5.43. The number of rotatable bonds is 7. The molecule has 0 N–H and O–H groups in total. The molecule has 0 aliphatic rings. The molecule has 0 spiro atoms. The van der Waals surface area contributed by atoms with Gasteiger partial charge in [-0.1, -0.05) is 36.0 Å². The maximum absolute atomic E-state index is 11.9. The van der Waals surface area contributed by atoms with Gasteiger partial charge in [0.05, 0.1) is 23.7 Å². The van der Waals surface area contributed by atoms with Gasteiger partial charge in [-0.05, 0) is 50.6 Å². The number of para-hydroxylation sites is 2. The summed E-state index contributed by atoms with van der Waals surface area (Å²) in [6.07, 6.45) is 0. The standard InChI is InChI=1S/C20H22N2O2S/c1-14-7-6-8-17(13-14)24-11-12-25-20-21-18-9-4-5-10-19(18)22(20)15(2)16(3)23/h4-10,13,15H,11-12H2,1-3H3/t15-/m0/s1. The summed E-state index contributed by atoms with van der Waals surface area (Å²) in [5.41, 5.74) is 3.09. The molecule has 130 valence electrons. The second-order valence-corrected chi connectivity index (χ2v) is 7.12. The van der Waals surface area contributed by atoms with E-state index >= 15 is 0 Å². The van der Waals surface area contributed by atoms with Gasteiger partial charge >= 0.3 is 0 Å². The normalized spacial score (nSPS) is 12.3. The maximum atomic E-state index is 11.9. The van der Waals surface area contributed by atoms with Gasteiger partial charge in [-0.2, -0.15) is 0 Å². The van der Waals surface area contributed by atoms with E-state index in [1.165, 1.54) is 5.56 Å². The molecule has 4 nitrogen and oxygen atoms in total. The molecule has 5 heteroatoms. The SMILES string of the molecule is CC(=O)[C@H](C)n1c(SCCOc2cccc(C)c2)nc2ccccc21. The summed E-state index contributed by atoms with van der Waals surface area (Å²) in [5.74, 6) is 1.77. The van der Waals surface area contributed by atoms with Gasteiger partial charge in [0.15, 0.2) is 10.9 Å². The Balaban J connectivity index is 1.72. The lowest BCUT2D eigenvalue weighted by Gasteiger charge is -2.14. The summed E-state index contributed by atoms with van der Waals surface area (Å²) in [5, 5.41) is 0.858. The van der Waals surface area contributed by atoms with Crippen molar-refractivity contribution in [3.8, 4) is 5.75 Å². The molecule has 3 aromatic rings. The topological polar surface area (TPSA) is 44.1 Å². The number of aryl methyl sites for hydroxylation is 1. The zero-order valence-electron chi connectivity index (χ0n) is 14.7. The molecule has 1 aromatic heterocycles. The highest BCUT2D eigenvalue weighted by Gasteiger charge is 2.18. The maximum Gasteiger partial charge on any atom is 0.169 e. The zero-order valence-corrected chi connectivity index (χ0v) is 15.5. The van der Waals surface area contributed by atoms with E-state index in [1.807, 2.05) is 66.9 Å². The lowest BCUT2D eigenvalue weighted by atomic mass is 10.2. The lowest BCUT2D eigenvalue weighted by Crippen LogP contribution is -2.14. The van der Waals surface area contributed by atoms with E-state index < -0.39 is 0 Å². The summed E-state index contributed by atoms with van der Waals surface area (Å²) < 4.78 is 7.83. The van der Waals surface area contributed by atoms with Crippen molar-refractivity contribution in [2.75, 3.05) is 12.4 Å². The largest absolute Gasteiger partial charge is 0.493 e. The van der Waals surface area contributed by atoms with Crippen LogP contribution in [-0.4, -0.2) is 27.7 Å². The third-order valence-corrected chi connectivity index (χ3v) is 5.03. The third kappa shape index (κ3) is 4.04. The molecule has 0 amide bonds. The van der Waals surface area contributed by atoms with Crippen LogP contribution < -0.4 is 4.74 Å². The minimum Gasteiger partial charge on any atom is -0.493 e. The van der Waals surface area contributed by atoms with E-state index in [0.717, 1.165) is 27.7 Å². The molecule has 1 atom stereocenters. The van der Waals surface area contributed by atoms with Crippen molar-refractivity contribution < 1.29 is 9.53 Å². The molecule has 2 aromatic carbocycles. The monoisotopic (exact) mass is 354 g/mol. The molecule has 0 fully saturated rings. The van der Waals surface area contributed by atoms with Gasteiger partial charge in [0.1, 0.15) is 5.75 Å². The second kappa shape index (κ2) is 7.74. The van der Waals surface area contributed by atoms with E-state index in [4.69, 9.17) is 9.72 Å². The van der Waals surface area contributed by atoms with E-state index in [9.17, 15) is 4.79 Å². The van der Waals surface area contributed by atoms with Crippen LogP contribution in [0, 0.1) is 6.92 Å². The smallest absolute Gasteiger partial charge is 0.169 e. The van der Waals surface area contributed by atoms with Crippen LogP contribution >= 0.6 is 11.8 Å². The number of aromatic nitrogens is 2. The van der Waals surface area contributed by atoms with Gasteiger partial charge in [0.2, 0.25) is 0 Å². The summed E-state index contributed by atoms with van der Waals surface area (Å²) in [6.45, 7) is 6.18. The summed E-state index contributed by atoms with van der Waals surface area (Å²) in [4.78, 5) is 16.6. The lowest BCUT2D eigenvalue weighted by molar-refractivity contribution is -0.119. The van der Waals surface area contributed by atoms with E-state index in [0.29, 0.717) is 6.61 Å². The quantitative estimate of drug-likeness (QED) is 0.457. The van der Waals surface area contributed by atoms with Gasteiger partial charge < -0.3 is 9.30 Å². The van der Waals surface area contributed by atoms with Gasteiger partial charge in [-0.15, -0.1) is 0 Å². The van der Waals surface area contributed by atoms with E-state index in [1.54, 1.807) is 18.7 Å². The molecular formula is C20H22N2O2S. The number of Topliss-reactive ketones (excluding diaryl/α,β-unsaturated/α-hetero) is 1. The average Bonchev–Trinajstić information content (AvgIpc) is 2.96.